The van der Waals surface area contributed by atoms with Crippen molar-refractivity contribution in [1.82, 2.24) is 4.90 Å². The fourth-order valence-electron chi connectivity index (χ4n) is 4.38. The topological polar surface area (TPSA) is 34.1 Å². The van der Waals surface area contributed by atoms with Crippen molar-refractivity contribution in [3.8, 4) is 5.75 Å². The maximum atomic E-state index is 5.46. The number of hydrogen-bond acceptors (Lipinski definition) is 4. The Labute approximate surface area is 138 Å². The van der Waals surface area contributed by atoms with Crippen LogP contribution in [0.2, 0.25) is 0 Å². The van der Waals surface area contributed by atoms with Crippen LogP contribution in [-0.4, -0.2) is 44.0 Å². The van der Waals surface area contributed by atoms with Crippen LogP contribution in [0.5, 0.6) is 5.75 Å². The maximum absolute atomic E-state index is 5.46. The lowest BCUT2D eigenvalue weighted by molar-refractivity contribution is 0.156. The molecule has 4 heteroatoms. The molecule has 23 heavy (non-hydrogen) atoms. The first-order chi connectivity index (χ1) is 11.2. The molecule has 124 valence electrons. The summed E-state index contributed by atoms with van der Waals surface area (Å²) in [5.74, 6) is 1.83. The lowest BCUT2D eigenvalue weighted by atomic mass is 9.63. The number of methoxy groups -OCH3 is 1. The highest BCUT2D eigenvalue weighted by molar-refractivity contribution is 6.01. The molecular formula is C19H26N2O2. The molecule has 2 fully saturated rings. The first kappa shape index (κ1) is 15.0. The van der Waals surface area contributed by atoms with Gasteiger partial charge >= 0.3 is 0 Å². The SMILES string of the molecule is CON=C1C2Cc3ccc(OC)cc3C1(C)CCN2CC1CC1. The van der Waals surface area contributed by atoms with Gasteiger partial charge in [-0.1, -0.05) is 11.2 Å². The van der Waals surface area contributed by atoms with E-state index >= 15 is 0 Å². The lowest BCUT2D eigenvalue weighted by Crippen LogP contribution is -2.60. The molecule has 1 heterocycles. The van der Waals surface area contributed by atoms with Gasteiger partial charge in [0.05, 0.1) is 18.9 Å². The zero-order valence-corrected chi connectivity index (χ0v) is 14.3. The Morgan fingerprint density at radius 3 is 2.83 bits per heavy atom. The molecule has 2 bridgehead atoms. The fraction of sp³-hybridized carbons (Fsp3) is 0.632. The van der Waals surface area contributed by atoms with E-state index in [4.69, 9.17) is 9.57 Å². The summed E-state index contributed by atoms with van der Waals surface area (Å²) < 4.78 is 5.46. The molecule has 0 amide bonds. The normalized spacial score (nSPS) is 31.8. The summed E-state index contributed by atoms with van der Waals surface area (Å²) in [6.07, 6.45) is 4.92. The Kier molecular flexibility index (Phi) is 3.60. The Morgan fingerprint density at radius 1 is 1.30 bits per heavy atom. The molecule has 2 unspecified atom stereocenters. The van der Waals surface area contributed by atoms with Crippen molar-refractivity contribution >= 4 is 5.71 Å². The van der Waals surface area contributed by atoms with Gasteiger partial charge < -0.3 is 9.57 Å². The Hall–Kier alpha value is -1.55. The maximum Gasteiger partial charge on any atom is 0.119 e. The molecule has 1 saturated heterocycles. The zero-order chi connectivity index (χ0) is 16.0. The molecule has 0 spiro atoms. The molecule has 4 nitrogen and oxygen atoms in total. The highest BCUT2D eigenvalue weighted by Crippen LogP contribution is 2.45. The van der Waals surface area contributed by atoms with E-state index in [-0.39, 0.29) is 5.41 Å². The third kappa shape index (κ3) is 2.44. The predicted octanol–water partition coefficient (Wildman–Crippen LogP) is 3.00. The molecule has 1 saturated carbocycles. The number of piperidine rings is 1. The third-order valence-electron chi connectivity index (χ3n) is 5.92. The average molecular weight is 314 g/mol. The molecule has 0 radical (unpaired) electrons. The van der Waals surface area contributed by atoms with Gasteiger partial charge in [-0.15, -0.1) is 0 Å². The summed E-state index contributed by atoms with van der Waals surface area (Å²) in [6, 6.07) is 6.91. The first-order valence-electron chi connectivity index (χ1n) is 8.68. The van der Waals surface area contributed by atoms with E-state index in [2.05, 4.69) is 35.2 Å². The largest absolute Gasteiger partial charge is 0.497 e. The molecule has 1 aromatic carbocycles. The number of ether oxygens (including phenoxy) is 1. The molecule has 0 aromatic heterocycles. The Morgan fingerprint density at radius 2 is 2.13 bits per heavy atom. The minimum absolute atomic E-state index is 0.0388. The highest BCUT2D eigenvalue weighted by Gasteiger charge is 2.49. The molecule has 1 aliphatic heterocycles. The lowest BCUT2D eigenvalue weighted by Gasteiger charge is -2.50. The Bertz CT molecular complexity index is 638. The van der Waals surface area contributed by atoms with E-state index in [1.165, 1.54) is 36.2 Å². The third-order valence-corrected chi connectivity index (χ3v) is 5.92. The van der Waals surface area contributed by atoms with Gasteiger partial charge in [-0.05, 0) is 61.8 Å². The van der Waals surface area contributed by atoms with E-state index in [0.29, 0.717) is 6.04 Å². The van der Waals surface area contributed by atoms with Crippen LogP contribution >= 0.6 is 0 Å². The summed E-state index contributed by atoms with van der Waals surface area (Å²) in [7, 11) is 3.40. The monoisotopic (exact) mass is 314 g/mol. The summed E-state index contributed by atoms with van der Waals surface area (Å²) in [6.45, 7) is 4.69. The average Bonchev–Trinajstić information content (AvgIpc) is 3.37. The molecule has 4 rings (SSSR count). The van der Waals surface area contributed by atoms with Crippen LogP contribution < -0.4 is 4.74 Å². The molecule has 1 aromatic rings. The van der Waals surface area contributed by atoms with Gasteiger partial charge in [-0.2, -0.15) is 0 Å². The number of fused-ring (bicyclic) bond motifs is 4. The van der Waals surface area contributed by atoms with Crippen molar-refractivity contribution in [2.24, 2.45) is 11.1 Å². The van der Waals surface area contributed by atoms with Crippen molar-refractivity contribution in [2.45, 2.75) is 44.1 Å². The molecule has 2 aliphatic carbocycles. The van der Waals surface area contributed by atoms with Gasteiger partial charge in [0.2, 0.25) is 0 Å². The van der Waals surface area contributed by atoms with E-state index in [9.17, 15) is 0 Å². The van der Waals surface area contributed by atoms with Crippen LogP contribution in [0.25, 0.3) is 0 Å². The minimum Gasteiger partial charge on any atom is -0.497 e. The highest BCUT2D eigenvalue weighted by atomic mass is 16.6. The number of likely N-dealkylation sites (tertiary alicyclic amines) is 1. The minimum atomic E-state index is -0.0388. The second kappa shape index (κ2) is 5.52. The number of benzene rings is 1. The fourth-order valence-corrected chi connectivity index (χ4v) is 4.38. The summed E-state index contributed by atoms with van der Waals surface area (Å²) in [5.41, 5.74) is 3.97. The predicted molar refractivity (Wildman–Crippen MR) is 91.2 cm³/mol. The van der Waals surface area contributed by atoms with E-state index < -0.39 is 0 Å². The van der Waals surface area contributed by atoms with E-state index in [0.717, 1.165) is 31.1 Å². The van der Waals surface area contributed by atoms with Gasteiger partial charge in [0.15, 0.2) is 0 Å². The molecule has 2 atom stereocenters. The van der Waals surface area contributed by atoms with Crippen molar-refractivity contribution < 1.29 is 9.57 Å². The second-order valence-electron chi connectivity index (χ2n) is 7.42. The van der Waals surface area contributed by atoms with Crippen LogP contribution in [0.4, 0.5) is 0 Å². The first-order valence-corrected chi connectivity index (χ1v) is 8.68. The van der Waals surface area contributed by atoms with Crippen molar-refractivity contribution in [3.05, 3.63) is 29.3 Å². The number of hydrogen-bond donors (Lipinski definition) is 0. The number of nitrogens with zero attached hydrogens (tertiary/aromatic N) is 2. The number of oxime groups is 1. The van der Waals surface area contributed by atoms with Crippen LogP contribution in [0, 0.1) is 5.92 Å². The standard InChI is InChI=1S/C19H26N2O2/c1-19-8-9-21(12-13-4-5-13)17(18(19)20-23-3)10-14-6-7-15(22-2)11-16(14)19/h6-7,11,13,17H,4-5,8-10,12H2,1-3H3. The summed E-state index contributed by atoms with van der Waals surface area (Å²) in [5, 5.41) is 4.51. The Balaban J connectivity index is 1.77. The zero-order valence-electron chi connectivity index (χ0n) is 14.3. The van der Waals surface area contributed by atoms with Gasteiger partial charge in [0.25, 0.3) is 0 Å². The van der Waals surface area contributed by atoms with E-state index in [1.807, 2.05) is 0 Å². The van der Waals surface area contributed by atoms with Crippen LogP contribution in [0.3, 0.4) is 0 Å². The second-order valence-corrected chi connectivity index (χ2v) is 7.42. The van der Waals surface area contributed by atoms with Gasteiger partial charge in [0, 0.05) is 18.5 Å². The van der Waals surface area contributed by atoms with Crippen LogP contribution in [-0.2, 0) is 16.7 Å². The van der Waals surface area contributed by atoms with Crippen molar-refractivity contribution in [1.29, 1.82) is 0 Å². The van der Waals surface area contributed by atoms with Gasteiger partial charge in [0.1, 0.15) is 12.9 Å². The van der Waals surface area contributed by atoms with Gasteiger partial charge in [-0.25, -0.2) is 0 Å². The molecule has 0 N–H and O–H groups in total. The van der Waals surface area contributed by atoms with E-state index in [1.54, 1.807) is 14.2 Å². The smallest absolute Gasteiger partial charge is 0.119 e. The quantitative estimate of drug-likeness (QED) is 0.801. The van der Waals surface area contributed by atoms with Crippen molar-refractivity contribution in [2.75, 3.05) is 27.3 Å². The molecular weight excluding hydrogens is 288 g/mol. The summed E-state index contributed by atoms with van der Waals surface area (Å²) >= 11 is 0. The van der Waals surface area contributed by atoms with Crippen LogP contribution in [0.15, 0.2) is 23.4 Å². The number of rotatable bonds is 4. The van der Waals surface area contributed by atoms with Crippen LogP contribution in [0.1, 0.15) is 37.3 Å². The van der Waals surface area contributed by atoms with Gasteiger partial charge in [-0.3, -0.25) is 4.90 Å². The summed E-state index contributed by atoms with van der Waals surface area (Å²) in [4.78, 5) is 7.90. The molecule has 3 aliphatic rings. The van der Waals surface area contributed by atoms with Crippen molar-refractivity contribution in [3.63, 3.8) is 0 Å².